The number of carboxylic acids is 1. The molecule has 9 heteroatoms. The van der Waals surface area contributed by atoms with Gasteiger partial charge >= 0.3 is 5.97 Å². The van der Waals surface area contributed by atoms with Crippen LogP contribution in [0.4, 0.5) is 10.1 Å². The van der Waals surface area contributed by atoms with E-state index in [0.717, 1.165) is 12.5 Å². The summed E-state index contributed by atoms with van der Waals surface area (Å²) in [6.45, 7) is 1.16. The van der Waals surface area contributed by atoms with Crippen molar-refractivity contribution in [3.8, 4) is 5.75 Å². The second-order valence-electron chi connectivity index (χ2n) is 6.22. The maximum absolute atomic E-state index is 14.8. The summed E-state index contributed by atoms with van der Waals surface area (Å²) in [6, 6.07) is 1.09. The van der Waals surface area contributed by atoms with Crippen LogP contribution < -0.4 is 20.1 Å². The van der Waals surface area contributed by atoms with E-state index in [4.69, 9.17) is 16.3 Å². The van der Waals surface area contributed by atoms with Crippen molar-refractivity contribution in [2.24, 2.45) is 0 Å². The van der Waals surface area contributed by atoms with Gasteiger partial charge in [-0.25, -0.2) is 9.18 Å². The van der Waals surface area contributed by atoms with E-state index in [-0.39, 0.29) is 28.9 Å². The van der Waals surface area contributed by atoms with Crippen molar-refractivity contribution >= 4 is 34.2 Å². The minimum Gasteiger partial charge on any atom is -0.477 e. The van der Waals surface area contributed by atoms with Crippen LogP contribution in [-0.2, 0) is 0 Å². The van der Waals surface area contributed by atoms with Crippen molar-refractivity contribution in [1.82, 2.24) is 4.68 Å². The van der Waals surface area contributed by atoms with Crippen LogP contribution in [0, 0.1) is 5.82 Å². The molecule has 0 saturated carbocycles. The van der Waals surface area contributed by atoms with Gasteiger partial charge in [-0.2, -0.15) is 0 Å². The minimum absolute atomic E-state index is 0.0238. The van der Waals surface area contributed by atoms with E-state index in [1.807, 2.05) is 0 Å². The molecular formula is C16H15ClFN3O4. The van der Waals surface area contributed by atoms with Crippen LogP contribution in [0.25, 0.3) is 10.9 Å². The predicted molar refractivity (Wildman–Crippen MR) is 91.2 cm³/mol. The Labute approximate surface area is 146 Å². The molecule has 0 bridgehead atoms. The van der Waals surface area contributed by atoms with Gasteiger partial charge in [-0.1, -0.05) is 0 Å². The van der Waals surface area contributed by atoms with Crippen LogP contribution >= 0.6 is 11.6 Å². The van der Waals surface area contributed by atoms with E-state index >= 15 is 0 Å². The van der Waals surface area contributed by atoms with Gasteiger partial charge < -0.3 is 14.7 Å². The molecule has 0 aliphatic carbocycles. The van der Waals surface area contributed by atoms with Gasteiger partial charge in [0.2, 0.25) is 5.43 Å². The van der Waals surface area contributed by atoms with Crippen molar-refractivity contribution < 1.29 is 19.0 Å². The van der Waals surface area contributed by atoms with Gasteiger partial charge in [0.05, 0.1) is 10.8 Å². The van der Waals surface area contributed by atoms with Crippen LogP contribution in [0.15, 0.2) is 17.1 Å². The summed E-state index contributed by atoms with van der Waals surface area (Å²) in [6.07, 6.45) is 1.97. The number of carboxylic acid groups (broad SMARTS) is 1. The van der Waals surface area contributed by atoms with Crippen LogP contribution in [0.2, 0.25) is 0 Å². The van der Waals surface area contributed by atoms with Gasteiger partial charge in [0.15, 0.2) is 18.3 Å². The fraction of sp³-hybridized carbons (Fsp3) is 0.375. The van der Waals surface area contributed by atoms with E-state index in [9.17, 15) is 19.1 Å². The van der Waals surface area contributed by atoms with Crippen LogP contribution in [-0.4, -0.2) is 48.0 Å². The first-order valence-corrected chi connectivity index (χ1v) is 8.20. The number of nitrogens with zero attached hydrogens (tertiary/aromatic N) is 3. The van der Waals surface area contributed by atoms with E-state index in [1.54, 1.807) is 17.0 Å². The molecule has 1 unspecified atom stereocenters. The van der Waals surface area contributed by atoms with Gasteiger partial charge in [0.25, 0.3) is 0 Å². The number of hydrogen-bond acceptors (Lipinski definition) is 5. The molecule has 1 fully saturated rings. The van der Waals surface area contributed by atoms with E-state index in [1.165, 1.54) is 10.9 Å². The standard InChI is InChI=1S/C16H15ClFN3O4/c1-19-7-25-15-12-9(14(22)10(16(23)24)6-21(12)19)4-11(18)13(15)20-3-2-8(17)5-20/h4,6,8H,2-3,5,7H2,1H3,(H,23,24). The molecule has 4 rings (SSSR count). The molecule has 132 valence electrons. The number of aromatic carboxylic acids is 1. The maximum Gasteiger partial charge on any atom is 0.341 e. The maximum atomic E-state index is 14.8. The van der Waals surface area contributed by atoms with Gasteiger partial charge in [0, 0.05) is 26.3 Å². The summed E-state index contributed by atoms with van der Waals surface area (Å²) in [4.78, 5) is 25.6. The topological polar surface area (TPSA) is 75.0 Å². The number of hydrogen-bond donors (Lipinski definition) is 1. The molecule has 1 aromatic carbocycles. The highest BCUT2D eigenvalue weighted by Crippen LogP contribution is 2.41. The van der Waals surface area contributed by atoms with Crippen molar-refractivity contribution in [2.45, 2.75) is 11.8 Å². The summed E-state index contributed by atoms with van der Waals surface area (Å²) >= 11 is 6.14. The van der Waals surface area contributed by atoms with Gasteiger partial charge in [-0.05, 0) is 12.5 Å². The number of alkyl halides is 1. The first-order chi connectivity index (χ1) is 11.9. The summed E-state index contributed by atoms with van der Waals surface area (Å²) in [5.41, 5.74) is -0.527. The average molecular weight is 368 g/mol. The number of ether oxygens (including phenoxy) is 1. The number of anilines is 1. The third-order valence-electron chi connectivity index (χ3n) is 4.59. The molecule has 3 heterocycles. The smallest absolute Gasteiger partial charge is 0.341 e. The first-order valence-electron chi connectivity index (χ1n) is 7.77. The number of halogens is 2. The second kappa shape index (κ2) is 5.52. The fourth-order valence-corrected chi connectivity index (χ4v) is 3.66. The minimum atomic E-state index is -1.36. The van der Waals surface area contributed by atoms with Crippen molar-refractivity contribution in [1.29, 1.82) is 0 Å². The molecule has 0 spiro atoms. The van der Waals surface area contributed by atoms with Crippen LogP contribution in [0.5, 0.6) is 5.75 Å². The highest BCUT2D eigenvalue weighted by atomic mass is 35.5. The van der Waals surface area contributed by atoms with Gasteiger partial charge in [0.1, 0.15) is 16.8 Å². The number of pyridine rings is 1. The lowest BCUT2D eigenvalue weighted by atomic mass is 10.1. The molecule has 1 N–H and O–H groups in total. The zero-order valence-corrected chi connectivity index (χ0v) is 14.1. The zero-order valence-electron chi connectivity index (χ0n) is 13.3. The monoisotopic (exact) mass is 367 g/mol. The lowest BCUT2D eigenvalue weighted by molar-refractivity contribution is 0.0694. The van der Waals surface area contributed by atoms with E-state index in [2.05, 4.69) is 0 Å². The molecule has 0 amide bonds. The molecular weight excluding hydrogens is 353 g/mol. The van der Waals surface area contributed by atoms with Gasteiger partial charge in [-0.3, -0.25) is 14.5 Å². The molecule has 1 saturated heterocycles. The Bertz CT molecular complexity index is 961. The SMILES string of the molecule is CN1COc2c(N3CCC(Cl)C3)c(F)cc3c(=O)c(C(=O)O)cn1c23. The van der Waals surface area contributed by atoms with Gasteiger partial charge in [-0.15, -0.1) is 11.6 Å². The lowest BCUT2D eigenvalue weighted by Crippen LogP contribution is -2.40. The summed E-state index contributed by atoms with van der Waals surface area (Å²) in [5.74, 6) is -1.73. The van der Waals surface area contributed by atoms with Crippen molar-refractivity contribution in [3.63, 3.8) is 0 Å². The Morgan fingerprint density at radius 3 is 2.88 bits per heavy atom. The van der Waals surface area contributed by atoms with Crippen LogP contribution in [0.3, 0.4) is 0 Å². The van der Waals surface area contributed by atoms with Crippen LogP contribution in [0.1, 0.15) is 16.8 Å². The Morgan fingerprint density at radius 2 is 2.24 bits per heavy atom. The van der Waals surface area contributed by atoms with Crippen molar-refractivity contribution in [3.05, 3.63) is 33.9 Å². The molecule has 7 nitrogen and oxygen atoms in total. The molecule has 0 radical (unpaired) electrons. The third kappa shape index (κ3) is 2.31. The molecule has 25 heavy (non-hydrogen) atoms. The van der Waals surface area contributed by atoms with E-state index in [0.29, 0.717) is 18.6 Å². The molecule has 2 aliphatic heterocycles. The Morgan fingerprint density at radius 1 is 1.48 bits per heavy atom. The second-order valence-corrected chi connectivity index (χ2v) is 6.83. The summed E-state index contributed by atoms with van der Waals surface area (Å²) in [5, 5.41) is 10.8. The fourth-order valence-electron chi connectivity index (χ4n) is 3.39. The molecule has 2 aromatic rings. The summed E-state index contributed by atoms with van der Waals surface area (Å²) < 4.78 is 22.1. The number of aromatic nitrogens is 1. The number of benzene rings is 1. The zero-order chi connectivity index (χ0) is 17.9. The molecule has 2 aliphatic rings. The normalized spacial score (nSPS) is 19.4. The quantitative estimate of drug-likeness (QED) is 0.812. The number of carbonyl (C=O) groups is 1. The Kier molecular flexibility index (Phi) is 3.54. The highest BCUT2D eigenvalue weighted by molar-refractivity contribution is 6.21. The van der Waals surface area contributed by atoms with Crippen molar-refractivity contribution in [2.75, 3.05) is 36.8 Å². The summed E-state index contributed by atoms with van der Waals surface area (Å²) in [7, 11) is 1.69. The largest absolute Gasteiger partial charge is 0.477 e. The Balaban J connectivity index is 2.07. The number of rotatable bonds is 2. The average Bonchev–Trinajstić information content (AvgIpc) is 2.98. The molecule has 1 atom stereocenters. The lowest BCUT2D eigenvalue weighted by Gasteiger charge is -2.33. The first kappa shape index (κ1) is 16.0. The third-order valence-corrected chi connectivity index (χ3v) is 4.95. The Hall–Kier alpha value is -2.48. The van der Waals surface area contributed by atoms with E-state index < -0.39 is 22.8 Å². The predicted octanol–water partition coefficient (Wildman–Crippen LogP) is 1.57. The molecule has 1 aromatic heterocycles. The highest BCUT2D eigenvalue weighted by Gasteiger charge is 2.32.